The molecule has 0 amide bonds. The SMILES string of the molecule is CCCc1cc(=O)n2nc(NCc3ccc(-n4ccnc4)c(F)c3)sc2n1. The quantitative estimate of drug-likeness (QED) is 0.553. The number of benzene rings is 1. The lowest BCUT2D eigenvalue weighted by Gasteiger charge is -2.07. The lowest BCUT2D eigenvalue weighted by atomic mass is 10.2. The molecule has 3 aromatic heterocycles. The number of fused-ring (bicyclic) bond motifs is 1. The van der Waals surface area contributed by atoms with Crippen LogP contribution in [0, 0.1) is 5.82 Å². The van der Waals surface area contributed by atoms with Crippen molar-refractivity contribution >= 4 is 21.4 Å². The van der Waals surface area contributed by atoms with Crippen LogP contribution in [0.2, 0.25) is 0 Å². The van der Waals surface area contributed by atoms with Crippen LogP contribution in [0.25, 0.3) is 10.6 Å². The average Bonchev–Trinajstić information content (AvgIpc) is 3.30. The second-order valence-electron chi connectivity index (χ2n) is 6.05. The van der Waals surface area contributed by atoms with Crippen molar-refractivity contribution in [3.05, 3.63) is 70.4 Å². The molecule has 1 aromatic carbocycles. The summed E-state index contributed by atoms with van der Waals surface area (Å²) in [5, 5.41) is 7.95. The summed E-state index contributed by atoms with van der Waals surface area (Å²) < 4.78 is 17.2. The van der Waals surface area contributed by atoms with Crippen LogP contribution in [0.1, 0.15) is 24.6 Å². The Morgan fingerprint density at radius 3 is 2.93 bits per heavy atom. The molecule has 4 rings (SSSR count). The molecule has 27 heavy (non-hydrogen) atoms. The maximum atomic E-state index is 14.3. The number of nitrogens with zero attached hydrogens (tertiary/aromatic N) is 5. The molecule has 1 N–H and O–H groups in total. The molecule has 0 aliphatic carbocycles. The van der Waals surface area contributed by atoms with Crippen LogP contribution >= 0.6 is 11.3 Å². The van der Waals surface area contributed by atoms with Crippen molar-refractivity contribution in [3.8, 4) is 5.69 Å². The number of rotatable bonds is 6. The van der Waals surface area contributed by atoms with E-state index < -0.39 is 0 Å². The molecule has 0 saturated heterocycles. The maximum Gasteiger partial charge on any atom is 0.275 e. The highest BCUT2D eigenvalue weighted by Crippen LogP contribution is 2.19. The Morgan fingerprint density at radius 1 is 1.30 bits per heavy atom. The van der Waals surface area contributed by atoms with E-state index in [2.05, 4.69) is 20.4 Å². The number of anilines is 1. The fraction of sp³-hybridized carbons (Fsp3) is 0.222. The van der Waals surface area contributed by atoms with E-state index in [4.69, 9.17) is 0 Å². The zero-order valence-electron chi connectivity index (χ0n) is 14.6. The Morgan fingerprint density at radius 2 is 2.19 bits per heavy atom. The first-order chi connectivity index (χ1) is 13.1. The lowest BCUT2D eigenvalue weighted by Crippen LogP contribution is -2.15. The van der Waals surface area contributed by atoms with Crippen LogP contribution in [0.4, 0.5) is 9.52 Å². The van der Waals surface area contributed by atoms with E-state index in [0.29, 0.717) is 22.3 Å². The molecule has 0 aliphatic heterocycles. The molecular formula is C18H17FN6OS. The molecule has 3 heterocycles. The van der Waals surface area contributed by atoms with E-state index in [9.17, 15) is 9.18 Å². The van der Waals surface area contributed by atoms with E-state index >= 15 is 0 Å². The monoisotopic (exact) mass is 384 g/mol. The average molecular weight is 384 g/mol. The normalized spacial score (nSPS) is 11.2. The molecule has 9 heteroatoms. The fourth-order valence-corrected chi connectivity index (χ4v) is 3.58. The molecule has 0 bridgehead atoms. The predicted octanol–water partition coefficient (Wildman–Crippen LogP) is 3.04. The van der Waals surface area contributed by atoms with Gasteiger partial charge in [0, 0.05) is 30.7 Å². The largest absolute Gasteiger partial charge is 0.356 e. The Labute approximate surface area is 158 Å². The van der Waals surface area contributed by atoms with Gasteiger partial charge in [-0.1, -0.05) is 30.7 Å². The molecule has 0 saturated carbocycles. The molecule has 0 unspecified atom stereocenters. The number of hydrogen-bond donors (Lipinski definition) is 1. The number of aromatic nitrogens is 5. The molecule has 138 valence electrons. The number of aryl methyl sites for hydroxylation is 1. The van der Waals surface area contributed by atoms with Gasteiger partial charge in [0.1, 0.15) is 5.82 Å². The highest BCUT2D eigenvalue weighted by atomic mass is 32.1. The van der Waals surface area contributed by atoms with Crippen molar-refractivity contribution in [2.45, 2.75) is 26.3 Å². The highest BCUT2D eigenvalue weighted by Gasteiger charge is 2.10. The summed E-state index contributed by atoms with van der Waals surface area (Å²) in [7, 11) is 0. The summed E-state index contributed by atoms with van der Waals surface area (Å²) in [5.74, 6) is -0.335. The van der Waals surface area contributed by atoms with E-state index in [1.807, 2.05) is 13.0 Å². The molecule has 4 aromatic rings. The highest BCUT2D eigenvalue weighted by molar-refractivity contribution is 7.20. The van der Waals surface area contributed by atoms with Gasteiger partial charge in [-0.05, 0) is 24.1 Å². The molecule has 0 radical (unpaired) electrons. The van der Waals surface area contributed by atoms with Crippen molar-refractivity contribution in [3.63, 3.8) is 0 Å². The van der Waals surface area contributed by atoms with Crippen molar-refractivity contribution < 1.29 is 4.39 Å². The molecule has 0 aliphatic rings. The first-order valence-corrected chi connectivity index (χ1v) is 9.36. The summed E-state index contributed by atoms with van der Waals surface area (Å²) in [6.45, 7) is 2.43. The summed E-state index contributed by atoms with van der Waals surface area (Å²) in [4.78, 5) is 21.1. The summed E-state index contributed by atoms with van der Waals surface area (Å²) >= 11 is 1.30. The molecule has 0 spiro atoms. The minimum absolute atomic E-state index is 0.191. The Kier molecular flexibility index (Phi) is 4.68. The van der Waals surface area contributed by atoms with Crippen LogP contribution in [-0.2, 0) is 13.0 Å². The van der Waals surface area contributed by atoms with Crippen molar-refractivity contribution in [2.75, 3.05) is 5.32 Å². The maximum absolute atomic E-state index is 14.3. The number of nitrogens with one attached hydrogen (secondary N) is 1. The van der Waals surface area contributed by atoms with E-state index in [-0.39, 0.29) is 11.4 Å². The number of halogens is 1. The summed E-state index contributed by atoms with van der Waals surface area (Å²) in [6, 6.07) is 6.53. The fourth-order valence-electron chi connectivity index (χ4n) is 2.76. The number of imidazole rings is 1. The van der Waals surface area contributed by atoms with Gasteiger partial charge in [0.2, 0.25) is 10.1 Å². The molecule has 0 fully saturated rings. The second-order valence-corrected chi connectivity index (χ2v) is 7.00. The van der Waals surface area contributed by atoms with Gasteiger partial charge in [-0.3, -0.25) is 4.79 Å². The Balaban J connectivity index is 1.52. The first-order valence-electron chi connectivity index (χ1n) is 8.54. The third-order valence-electron chi connectivity index (χ3n) is 4.04. The van der Waals surface area contributed by atoms with Gasteiger partial charge < -0.3 is 9.88 Å². The van der Waals surface area contributed by atoms with Gasteiger partial charge in [-0.2, -0.15) is 4.52 Å². The van der Waals surface area contributed by atoms with E-state index in [1.165, 1.54) is 28.0 Å². The van der Waals surface area contributed by atoms with E-state index in [0.717, 1.165) is 24.1 Å². The minimum Gasteiger partial charge on any atom is -0.356 e. The topological polar surface area (TPSA) is 77.1 Å². The van der Waals surface area contributed by atoms with Crippen LogP contribution < -0.4 is 10.9 Å². The van der Waals surface area contributed by atoms with Crippen LogP contribution in [-0.4, -0.2) is 24.1 Å². The van der Waals surface area contributed by atoms with Crippen LogP contribution in [0.5, 0.6) is 0 Å². The summed E-state index contributed by atoms with van der Waals surface area (Å²) in [5.41, 5.74) is 1.79. The van der Waals surface area contributed by atoms with Crippen molar-refractivity contribution in [2.24, 2.45) is 0 Å². The zero-order valence-corrected chi connectivity index (χ0v) is 15.4. The van der Waals surface area contributed by atoms with Gasteiger partial charge in [0.15, 0.2) is 0 Å². The smallest absolute Gasteiger partial charge is 0.275 e. The van der Waals surface area contributed by atoms with Gasteiger partial charge in [-0.25, -0.2) is 14.4 Å². The third kappa shape index (κ3) is 3.59. The third-order valence-corrected chi connectivity index (χ3v) is 4.91. The molecular weight excluding hydrogens is 367 g/mol. The lowest BCUT2D eigenvalue weighted by molar-refractivity contribution is 0.616. The summed E-state index contributed by atoms with van der Waals surface area (Å²) in [6.07, 6.45) is 6.52. The first kappa shape index (κ1) is 17.3. The van der Waals surface area contributed by atoms with Gasteiger partial charge >= 0.3 is 0 Å². The Hall–Kier alpha value is -3.07. The Bertz CT molecular complexity index is 1130. The standard InChI is InChI=1S/C18H17FN6OS/c1-2-3-13-9-16(26)25-18(22-13)27-17(23-25)21-10-12-4-5-15(14(19)8-12)24-7-6-20-11-24/h4-9,11H,2-3,10H2,1H3,(H,21,23). The minimum atomic E-state index is -0.335. The molecule has 0 atom stereocenters. The van der Waals surface area contributed by atoms with E-state index in [1.54, 1.807) is 29.4 Å². The van der Waals surface area contributed by atoms with Crippen molar-refractivity contribution in [1.82, 2.24) is 24.1 Å². The predicted molar refractivity (Wildman–Crippen MR) is 102 cm³/mol. The zero-order chi connectivity index (χ0) is 18.8. The molecule has 7 nitrogen and oxygen atoms in total. The van der Waals surface area contributed by atoms with Gasteiger partial charge in [0.25, 0.3) is 5.56 Å². The van der Waals surface area contributed by atoms with Crippen LogP contribution in [0.3, 0.4) is 0 Å². The van der Waals surface area contributed by atoms with Crippen LogP contribution in [0.15, 0.2) is 47.8 Å². The van der Waals surface area contributed by atoms with Gasteiger partial charge in [-0.15, -0.1) is 5.10 Å². The second kappa shape index (κ2) is 7.28. The number of hydrogen-bond acceptors (Lipinski definition) is 6. The van der Waals surface area contributed by atoms with Gasteiger partial charge in [0.05, 0.1) is 12.0 Å². The van der Waals surface area contributed by atoms with Crippen molar-refractivity contribution in [1.29, 1.82) is 0 Å².